The molecule has 0 aromatic heterocycles. The average molecular weight is 345 g/mol. The maximum absolute atomic E-state index is 12.9. The first kappa shape index (κ1) is 16.3. The highest BCUT2D eigenvalue weighted by atomic mass is 35.5. The Morgan fingerprint density at radius 3 is 2.50 bits per heavy atom. The van der Waals surface area contributed by atoms with E-state index in [1.807, 2.05) is 6.07 Å². The molecule has 124 valence electrons. The molecule has 1 N–H and O–H groups in total. The summed E-state index contributed by atoms with van der Waals surface area (Å²) in [6.07, 6.45) is 0. The van der Waals surface area contributed by atoms with Crippen molar-refractivity contribution in [2.45, 2.75) is 19.0 Å². The maximum atomic E-state index is 12.9. The molecule has 1 heterocycles. The Morgan fingerprint density at radius 1 is 1.17 bits per heavy atom. The number of rotatable bonds is 4. The van der Waals surface area contributed by atoms with Crippen molar-refractivity contribution >= 4 is 23.5 Å². The summed E-state index contributed by atoms with van der Waals surface area (Å²) in [6.45, 7) is 1.88. The van der Waals surface area contributed by atoms with Crippen molar-refractivity contribution in [2.24, 2.45) is 0 Å². The Morgan fingerprint density at radius 2 is 1.88 bits per heavy atom. The minimum atomic E-state index is -1.10. The van der Waals surface area contributed by atoms with Gasteiger partial charge in [0.2, 0.25) is 0 Å². The van der Waals surface area contributed by atoms with Gasteiger partial charge < -0.3 is 10.1 Å². The fourth-order valence-corrected chi connectivity index (χ4v) is 2.99. The van der Waals surface area contributed by atoms with Gasteiger partial charge in [-0.25, -0.2) is 4.79 Å². The molecule has 2 aromatic rings. The second kappa shape index (κ2) is 6.17. The zero-order valence-corrected chi connectivity index (χ0v) is 14.1. The molecule has 0 saturated carbocycles. The van der Waals surface area contributed by atoms with Crippen LogP contribution in [-0.4, -0.2) is 23.9 Å². The second-order valence-electron chi connectivity index (χ2n) is 5.80. The first-order valence-electron chi connectivity index (χ1n) is 7.47. The Bertz CT molecular complexity index is 791. The number of halogens is 1. The molecule has 0 radical (unpaired) electrons. The van der Waals surface area contributed by atoms with E-state index in [2.05, 4.69) is 5.32 Å². The zero-order chi connectivity index (χ0) is 17.3. The van der Waals surface area contributed by atoms with Crippen molar-refractivity contribution < 1.29 is 14.3 Å². The molecule has 3 amide bonds. The van der Waals surface area contributed by atoms with Crippen LogP contribution < -0.4 is 10.1 Å². The number of hydrogen-bond donors (Lipinski definition) is 1. The number of benzene rings is 2. The highest BCUT2D eigenvalue weighted by Gasteiger charge is 2.48. The lowest BCUT2D eigenvalue weighted by Gasteiger charge is -2.22. The summed E-state index contributed by atoms with van der Waals surface area (Å²) in [5.74, 6) is 0.396. The van der Waals surface area contributed by atoms with Crippen molar-refractivity contribution in [1.82, 2.24) is 10.2 Å². The lowest BCUT2D eigenvalue weighted by Crippen LogP contribution is -2.40. The molecule has 0 bridgehead atoms. The largest absolute Gasteiger partial charge is 0.497 e. The third kappa shape index (κ3) is 2.83. The molecule has 1 unspecified atom stereocenters. The highest BCUT2D eigenvalue weighted by Crippen LogP contribution is 2.31. The maximum Gasteiger partial charge on any atom is 0.325 e. The number of amides is 3. The van der Waals surface area contributed by atoms with Gasteiger partial charge in [-0.1, -0.05) is 35.9 Å². The zero-order valence-electron chi connectivity index (χ0n) is 13.4. The molecule has 0 aliphatic carbocycles. The van der Waals surface area contributed by atoms with Crippen molar-refractivity contribution in [3.63, 3.8) is 0 Å². The quantitative estimate of drug-likeness (QED) is 0.866. The third-order valence-corrected chi connectivity index (χ3v) is 4.41. The SMILES string of the molecule is COc1ccc(C2(C)NC(=O)N(Cc3cccc(Cl)c3)C2=O)cc1. The van der Waals surface area contributed by atoms with E-state index >= 15 is 0 Å². The molecular weight excluding hydrogens is 328 g/mol. The van der Waals surface area contributed by atoms with Gasteiger partial charge in [0.1, 0.15) is 11.3 Å². The van der Waals surface area contributed by atoms with E-state index in [9.17, 15) is 9.59 Å². The van der Waals surface area contributed by atoms with Gasteiger partial charge in [0.15, 0.2) is 0 Å². The first-order valence-corrected chi connectivity index (χ1v) is 7.85. The molecule has 1 aliphatic rings. The van der Waals surface area contributed by atoms with E-state index in [1.54, 1.807) is 56.5 Å². The van der Waals surface area contributed by atoms with Crippen LogP contribution in [0.5, 0.6) is 5.75 Å². The van der Waals surface area contributed by atoms with E-state index in [0.29, 0.717) is 16.3 Å². The van der Waals surface area contributed by atoms with Gasteiger partial charge >= 0.3 is 6.03 Å². The van der Waals surface area contributed by atoms with Crippen LogP contribution in [0.4, 0.5) is 4.79 Å². The monoisotopic (exact) mass is 344 g/mol. The van der Waals surface area contributed by atoms with Gasteiger partial charge in [-0.3, -0.25) is 9.69 Å². The smallest absolute Gasteiger partial charge is 0.325 e. The topological polar surface area (TPSA) is 58.6 Å². The fraction of sp³-hybridized carbons (Fsp3) is 0.222. The number of nitrogens with zero attached hydrogens (tertiary/aromatic N) is 1. The third-order valence-electron chi connectivity index (χ3n) is 4.17. The van der Waals surface area contributed by atoms with Gasteiger partial charge in [0.05, 0.1) is 13.7 Å². The predicted molar refractivity (Wildman–Crippen MR) is 90.9 cm³/mol. The molecule has 5 nitrogen and oxygen atoms in total. The summed E-state index contributed by atoms with van der Waals surface area (Å²) in [4.78, 5) is 26.4. The minimum Gasteiger partial charge on any atom is -0.497 e. The summed E-state index contributed by atoms with van der Waals surface area (Å²) in [7, 11) is 1.58. The van der Waals surface area contributed by atoms with Crippen molar-refractivity contribution in [2.75, 3.05) is 7.11 Å². The van der Waals surface area contributed by atoms with Crippen LogP contribution >= 0.6 is 11.6 Å². The van der Waals surface area contributed by atoms with Crippen LogP contribution in [0.25, 0.3) is 0 Å². The highest BCUT2D eigenvalue weighted by molar-refractivity contribution is 6.30. The van der Waals surface area contributed by atoms with Crippen molar-refractivity contribution in [3.05, 3.63) is 64.7 Å². The number of imide groups is 1. The molecule has 1 fully saturated rings. The number of ether oxygens (including phenoxy) is 1. The number of urea groups is 1. The van der Waals surface area contributed by atoms with E-state index < -0.39 is 11.6 Å². The van der Waals surface area contributed by atoms with Gasteiger partial charge in [-0.15, -0.1) is 0 Å². The number of carbonyl (C=O) groups is 2. The molecule has 3 rings (SSSR count). The molecule has 1 atom stereocenters. The second-order valence-corrected chi connectivity index (χ2v) is 6.24. The summed E-state index contributed by atoms with van der Waals surface area (Å²) < 4.78 is 5.13. The number of nitrogens with one attached hydrogen (secondary N) is 1. The van der Waals surface area contributed by atoms with Gasteiger partial charge in [-0.05, 0) is 42.3 Å². The van der Waals surface area contributed by atoms with Crippen LogP contribution in [0.3, 0.4) is 0 Å². The molecular formula is C18H17ClN2O3. The van der Waals surface area contributed by atoms with Crippen LogP contribution in [0.15, 0.2) is 48.5 Å². The van der Waals surface area contributed by atoms with Gasteiger partial charge in [-0.2, -0.15) is 0 Å². The Hall–Kier alpha value is -2.53. The number of hydrogen-bond acceptors (Lipinski definition) is 3. The Balaban J connectivity index is 1.87. The minimum absolute atomic E-state index is 0.178. The molecule has 0 spiro atoms. The van der Waals surface area contributed by atoms with Crippen LogP contribution in [-0.2, 0) is 16.9 Å². The van der Waals surface area contributed by atoms with Crippen LogP contribution in [0.1, 0.15) is 18.1 Å². The average Bonchev–Trinajstić information content (AvgIpc) is 2.79. The fourth-order valence-electron chi connectivity index (χ4n) is 2.78. The van der Waals surface area contributed by atoms with Crippen LogP contribution in [0.2, 0.25) is 5.02 Å². The molecule has 6 heteroatoms. The summed E-state index contributed by atoms with van der Waals surface area (Å²) in [6, 6.07) is 13.8. The van der Waals surface area contributed by atoms with Crippen molar-refractivity contribution in [3.8, 4) is 5.75 Å². The van der Waals surface area contributed by atoms with Crippen LogP contribution in [0, 0.1) is 0 Å². The lowest BCUT2D eigenvalue weighted by atomic mass is 9.92. The Labute approximate surface area is 145 Å². The van der Waals surface area contributed by atoms with E-state index in [0.717, 1.165) is 5.56 Å². The first-order chi connectivity index (χ1) is 11.4. The van der Waals surface area contributed by atoms with Crippen molar-refractivity contribution in [1.29, 1.82) is 0 Å². The van der Waals surface area contributed by atoms with Gasteiger partial charge in [0, 0.05) is 5.02 Å². The molecule has 2 aromatic carbocycles. The Kier molecular flexibility index (Phi) is 4.20. The molecule has 1 aliphatic heterocycles. The number of carbonyl (C=O) groups excluding carboxylic acids is 2. The standard InChI is InChI=1S/C18H17ClN2O3/c1-18(13-6-8-15(24-2)9-7-13)16(22)21(17(23)20-18)11-12-4-3-5-14(19)10-12/h3-10H,11H2,1-2H3,(H,20,23). The van der Waals surface area contributed by atoms with E-state index in [-0.39, 0.29) is 12.5 Å². The summed E-state index contributed by atoms with van der Waals surface area (Å²) >= 11 is 5.97. The molecule has 24 heavy (non-hydrogen) atoms. The predicted octanol–water partition coefficient (Wildman–Crippen LogP) is 3.32. The number of methoxy groups -OCH3 is 1. The van der Waals surface area contributed by atoms with E-state index in [1.165, 1.54) is 4.90 Å². The summed E-state index contributed by atoms with van der Waals surface area (Å²) in [5, 5.41) is 3.35. The van der Waals surface area contributed by atoms with E-state index in [4.69, 9.17) is 16.3 Å². The van der Waals surface area contributed by atoms with Gasteiger partial charge in [0.25, 0.3) is 5.91 Å². The normalized spacial score (nSPS) is 20.2. The lowest BCUT2D eigenvalue weighted by molar-refractivity contribution is -0.131. The molecule has 1 saturated heterocycles. The summed E-state index contributed by atoms with van der Waals surface area (Å²) in [5.41, 5.74) is 0.405.